The number of hydrogen-bond acceptors (Lipinski definition) is 3. The Hall–Kier alpha value is -2.81. The SMILES string of the molecule is O=C([O-])c1cccc(COc2ccc3ccccc3c2)c1. The molecule has 0 saturated carbocycles. The van der Waals surface area contributed by atoms with Gasteiger partial charge in [0.05, 0.1) is 5.97 Å². The number of benzene rings is 3. The molecule has 0 N–H and O–H groups in total. The lowest BCUT2D eigenvalue weighted by molar-refractivity contribution is -0.255. The van der Waals surface area contributed by atoms with Crippen LogP contribution >= 0.6 is 0 Å². The molecule has 0 radical (unpaired) electrons. The van der Waals surface area contributed by atoms with Crippen LogP contribution in [0.5, 0.6) is 5.75 Å². The molecular weight excluding hydrogens is 264 g/mol. The number of rotatable bonds is 4. The zero-order valence-electron chi connectivity index (χ0n) is 11.3. The first kappa shape index (κ1) is 13.2. The summed E-state index contributed by atoms with van der Waals surface area (Å²) in [4.78, 5) is 10.8. The molecule has 104 valence electrons. The largest absolute Gasteiger partial charge is 0.545 e. The number of aromatic carboxylic acids is 1. The lowest BCUT2D eigenvalue weighted by atomic mass is 10.1. The average Bonchev–Trinajstić information content (AvgIpc) is 2.53. The molecule has 0 fully saturated rings. The van der Waals surface area contributed by atoms with Gasteiger partial charge in [0.15, 0.2) is 0 Å². The maximum Gasteiger partial charge on any atom is 0.120 e. The van der Waals surface area contributed by atoms with Crippen molar-refractivity contribution in [2.45, 2.75) is 6.61 Å². The standard InChI is InChI=1S/C18H14O3/c19-18(20)16-7-3-4-13(10-16)12-21-17-9-8-14-5-1-2-6-15(14)11-17/h1-11H,12H2,(H,19,20)/p-1. The number of fused-ring (bicyclic) bond motifs is 1. The van der Waals surface area contributed by atoms with E-state index in [0.717, 1.165) is 22.1 Å². The van der Waals surface area contributed by atoms with Crippen molar-refractivity contribution in [3.63, 3.8) is 0 Å². The fourth-order valence-corrected chi connectivity index (χ4v) is 2.21. The van der Waals surface area contributed by atoms with Crippen molar-refractivity contribution in [1.29, 1.82) is 0 Å². The van der Waals surface area contributed by atoms with Gasteiger partial charge in [0.25, 0.3) is 0 Å². The molecule has 0 atom stereocenters. The highest BCUT2D eigenvalue weighted by atomic mass is 16.5. The highest BCUT2D eigenvalue weighted by Crippen LogP contribution is 2.21. The van der Waals surface area contributed by atoms with Gasteiger partial charge in [-0.05, 0) is 40.1 Å². The van der Waals surface area contributed by atoms with Gasteiger partial charge in [0.2, 0.25) is 0 Å². The van der Waals surface area contributed by atoms with Gasteiger partial charge in [-0.25, -0.2) is 0 Å². The lowest BCUT2D eigenvalue weighted by Gasteiger charge is -2.09. The first-order chi connectivity index (χ1) is 10.2. The van der Waals surface area contributed by atoms with Gasteiger partial charge in [-0.3, -0.25) is 0 Å². The summed E-state index contributed by atoms with van der Waals surface area (Å²) in [5.41, 5.74) is 0.958. The molecule has 0 aliphatic carbocycles. The second-order valence-electron chi connectivity index (χ2n) is 4.79. The highest BCUT2D eigenvalue weighted by Gasteiger charge is 2.00. The van der Waals surface area contributed by atoms with E-state index in [1.807, 2.05) is 48.5 Å². The van der Waals surface area contributed by atoms with Crippen LogP contribution in [-0.2, 0) is 6.61 Å². The van der Waals surface area contributed by atoms with Crippen LogP contribution < -0.4 is 9.84 Å². The van der Waals surface area contributed by atoms with E-state index >= 15 is 0 Å². The molecule has 0 spiro atoms. The zero-order valence-corrected chi connectivity index (χ0v) is 11.3. The molecule has 0 aliphatic rings. The molecular formula is C18H13O3-. The first-order valence-corrected chi connectivity index (χ1v) is 6.64. The third-order valence-electron chi connectivity index (χ3n) is 3.29. The predicted octanol–water partition coefficient (Wildman–Crippen LogP) is 2.78. The van der Waals surface area contributed by atoms with Gasteiger partial charge in [-0.15, -0.1) is 0 Å². The van der Waals surface area contributed by atoms with Gasteiger partial charge < -0.3 is 14.6 Å². The topological polar surface area (TPSA) is 49.4 Å². The van der Waals surface area contributed by atoms with Crippen LogP contribution in [0.15, 0.2) is 66.7 Å². The monoisotopic (exact) mass is 277 g/mol. The van der Waals surface area contributed by atoms with Gasteiger partial charge in [0, 0.05) is 0 Å². The van der Waals surface area contributed by atoms with Crippen LogP contribution in [0.2, 0.25) is 0 Å². The van der Waals surface area contributed by atoms with E-state index in [-0.39, 0.29) is 5.56 Å². The highest BCUT2D eigenvalue weighted by molar-refractivity contribution is 5.86. The van der Waals surface area contributed by atoms with E-state index in [1.54, 1.807) is 12.1 Å². The maximum absolute atomic E-state index is 10.8. The van der Waals surface area contributed by atoms with Crippen LogP contribution in [0.4, 0.5) is 0 Å². The predicted molar refractivity (Wildman–Crippen MR) is 79.1 cm³/mol. The molecule has 0 aromatic heterocycles. The Kier molecular flexibility index (Phi) is 3.56. The summed E-state index contributed by atoms with van der Waals surface area (Å²) in [6, 6.07) is 20.5. The molecule has 0 heterocycles. The summed E-state index contributed by atoms with van der Waals surface area (Å²) in [5.74, 6) is -0.421. The minimum absolute atomic E-state index is 0.162. The lowest BCUT2D eigenvalue weighted by Crippen LogP contribution is -2.22. The number of carboxylic acids is 1. The van der Waals surface area contributed by atoms with Gasteiger partial charge >= 0.3 is 0 Å². The number of carbonyl (C=O) groups is 1. The summed E-state index contributed by atoms with van der Waals surface area (Å²) in [7, 11) is 0. The molecule has 0 aliphatic heterocycles. The van der Waals surface area contributed by atoms with Crippen LogP contribution in [-0.4, -0.2) is 5.97 Å². The van der Waals surface area contributed by atoms with E-state index in [0.29, 0.717) is 6.61 Å². The van der Waals surface area contributed by atoms with Crippen LogP contribution in [0.25, 0.3) is 10.8 Å². The fourth-order valence-electron chi connectivity index (χ4n) is 2.21. The molecule has 0 bridgehead atoms. The number of carbonyl (C=O) groups excluding carboxylic acids is 1. The van der Waals surface area contributed by atoms with Gasteiger partial charge in [-0.1, -0.05) is 48.5 Å². The minimum Gasteiger partial charge on any atom is -0.545 e. The van der Waals surface area contributed by atoms with Gasteiger partial charge in [-0.2, -0.15) is 0 Å². The molecule has 0 amide bonds. The molecule has 0 saturated heterocycles. The normalized spacial score (nSPS) is 10.5. The number of carboxylic acid groups (broad SMARTS) is 1. The molecule has 21 heavy (non-hydrogen) atoms. The first-order valence-electron chi connectivity index (χ1n) is 6.64. The fraction of sp³-hybridized carbons (Fsp3) is 0.0556. The van der Waals surface area contributed by atoms with Crippen molar-refractivity contribution in [2.75, 3.05) is 0 Å². The van der Waals surface area contributed by atoms with Crippen molar-refractivity contribution in [1.82, 2.24) is 0 Å². The van der Waals surface area contributed by atoms with Crippen molar-refractivity contribution < 1.29 is 14.6 Å². The maximum atomic E-state index is 10.8. The summed E-state index contributed by atoms with van der Waals surface area (Å²) in [6.45, 7) is 0.319. The Morgan fingerprint density at radius 3 is 2.52 bits per heavy atom. The number of hydrogen-bond donors (Lipinski definition) is 0. The van der Waals surface area contributed by atoms with Crippen LogP contribution in [0.3, 0.4) is 0 Å². The van der Waals surface area contributed by atoms with Crippen LogP contribution in [0, 0.1) is 0 Å². The van der Waals surface area contributed by atoms with E-state index in [2.05, 4.69) is 0 Å². The molecule has 3 aromatic rings. The second-order valence-corrected chi connectivity index (χ2v) is 4.79. The Morgan fingerprint density at radius 2 is 1.71 bits per heavy atom. The van der Waals surface area contributed by atoms with E-state index in [4.69, 9.17) is 4.74 Å². The van der Waals surface area contributed by atoms with Crippen molar-refractivity contribution in [3.8, 4) is 5.75 Å². The Balaban J connectivity index is 1.77. The van der Waals surface area contributed by atoms with E-state index in [1.165, 1.54) is 6.07 Å². The third-order valence-corrected chi connectivity index (χ3v) is 3.29. The smallest absolute Gasteiger partial charge is 0.120 e. The van der Waals surface area contributed by atoms with E-state index < -0.39 is 5.97 Å². The van der Waals surface area contributed by atoms with Crippen LogP contribution in [0.1, 0.15) is 15.9 Å². The van der Waals surface area contributed by atoms with E-state index in [9.17, 15) is 9.90 Å². The summed E-state index contributed by atoms with van der Waals surface area (Å²) in [5, 5.41) is 13.1. The Morgan fingerprint density at radius 1 is 0.905 bits per heavy atom. The second kappa shape index (κ2) is 5.67. The summed E-state index contributed by atoms with van der Waals surface area (Å²) >= 11 is 0. The molecule has 3 rings (SSSR count). The summed E-state index contributed by atoms with van der Waals surface area (Å²) < 4.78 is 5.72. The molecule has 3 nitrogen and oxygen atoms in total. The molecule has 3 heteroatoms. The average molecular weight is 277 g/mol. The minimum atomic E-state index is -1.18. The van der Waals surface area contributed by atoms with Crippen molar-refractivity contribution in [2.24, 2.45) is 0 Å². The quantitative estimate of drug-likeness (QED) is 0.736. The van der Waals surface area contributed by atoms with Gasteiger partial charge in [0.1, 0.15) is 12.4 Å². The zero-order chi connectivity index (χ0) is 14.7. The van der Waals surface area contributed by atoms with Crippen molar-refractivity contribution >= 4 is 16.7 Å². The Labute approximate surface area is 122 Å². The van der Waals surface area contributed by atoms with Crippen molar-refractivity contribution in [3.05, 3.63) is 77.9 Å². The number of ether oxygens (including phenoxy) is 1. The Bertz CT molecular complexity index is 793. The molecule has 3 aromatic carbocycles. The molecule has 0 unspecified atom stereocenters. The third kappa shape index (κ3) is 3.03. The summed E-state index contributed by atoms with van der Waals surface area (Å²) in [6.07, 6.45) is 0.